The standard InChI is InChI=1S/C17H19N7O2/c25-17(23-6-7-26-11-15(23)16-19-12-20-22-16)18-8-13-9-21-24(10-13)14-4-2-1-3-5-14/h1-5,9-10,12,15H,6-8,11H2,(H,18,25)(H,19,20,22)/t15-/m0/s1. The summed E-state index contributed by atoms with van der Waals surface area (Å²) in [5.41, 5.74) is 1.90. The Kier molecular flexibility index (Phi) is 4.61. The molecule has 4 rings (SSSR count). The molecular weight excluding hydrogens is 334 g/mol. The Labute approximate surface area is 150 Å². The molecule has 2 amide bonds. The van der Waals surface area contributed by atoms with Crippen molar-refractivity contribution in [2.24, 2.45) is 0 Å². The van der Waals surface area contributed by atoms with Gasteiger partial charge in [0.15, 0.2) is 0 Å². The Bertz CT molecular complexity index is 847. The average molecular weight is 353 g/mol. The number of carbonyl (C=O) groups is 1. The molecule has 3 aromatic rings. The number of ether oxygens (including phenoxy) is 1. The molecule has 26 heavy (non-hydrogen) atoms. The predicted molar refractivity (Wildman–Crippen MR) is 92.4 cm³/mol. The predicted octanol–water partition coefficient (Wildman–Crippen LogP) is 1.27. The van der Waals surface area contributed by atoms with E-state index in [1.807, 2.05) is 36.5 Å². The Morgan fingerprint density at radius 3 is 3.04 bits per heavy atom. The number of carbonyl (C=O) groups excluding carboxylic acids is 1. The van der Waals surface area contributed by atoms with E-state index in [-0.39, 0.29) is 12.1 Å². The van der Waals surface area contributed by atoms with Crippen LogP contribution in [-0.2, 0) is 11.3 Å². The fraction of sp³-hybridized carbons (Fsp3) is 0.294. The lowest BCUT2D eigenvalue weighted by molar-refractivity contribution is 0.00865. The van der Waals surface area contributed by atoms with Crippen LogP contribution in [0.25, 0.3) is 5.69 Å². The van der Waals surface area contributed by atoms with Crippen LogP contribution in [-0.4, -0.2) is 55.7 Å². The van der Waals surface area contributed by atoms with Crippen molar-refractivity contribution in [3.63, 3.8) is 0 Å². The molecule has 1 aliphatic rings. The van der Waals surface area contributed by atoms with Crippen molar-refractivity contribution in [1.29, 1.82) is 0 Å². The summed E-state index contributed by atoms with van der Waals surface area (Å²) in [4.78, 5) is 18.5. The van der Waals surface area contributed by atoms with Gasteiger partial charge in [-0.2, -0.15) is 10.2 Å². The molecule has 134 valence electrons. The van der Waals surface area contributed by atoms with Crippen LogP contribution < -0.4 is 5.32 Å². The van der Waals surface area contributed by atoms with E-state index in [0.29, 0.717) is 32.1 Å². The second kappa shape index (κ2) is 7.36. The fourth-order valence-electron chi connectivity index (χ4n) is 2.90. The highest BCUT2D eigenvalue weighted by Gasteiger charge is 2.30. The number of morpholine rings is 1. The molecule has 0 bridgehead atoms. The van der Waals surface area contributed by atoms with E-state index in [4.69, 9.17) is 4.74 Å². The lowest BCUT2D eigenvalue weighted by Crippen LogP contribution is -2.48. The van der Waals surface area contributed by atoms with E-state index in [1.54, 1.807) is 15.8 Å². The molecule has 1 atom stereocenters. The molecule has 0 unspecified atom stereocenters. The number of aromatic amines is 1. The van der Waals surface area contributed by atoms with Crippen LogP contribution in [0.5, 0.6) is 0 Å². The zero-order valence-electron chi connectivity index (χ0n) is 14.1. The normalized spacial score (nSPS) is 17.2. The third-order valence-corrected chi connectivity index (χ3v) is 4.24. The summed E-state index contributed by atoms with van der Waals surface area (Å²) in [6.07, 6.45) is 5.08. The highest BCUT2D eigenvalue weighted by Crippen LogP contribution is 2.20. The number of urea groups is 1. The van der Waals surface area contributed by atoms with Gasteiger partial charge in [-0.3, -0.25) is 5.10 Å². The van der Waals surface area contributed by atoms with Crippen LogP contribution >= 0.6 is 0 Å². The molecule has 1 fully saturated rings. The van der Waals surface area contributed by atoms with Gasteiger partial charge in [-0.1, -0.05) is 18.2 Å². The minimum Gasteiger partial charge on any atom is -0.377 e. The van der Waals surface area contributed by atoms with Gasteiger partial charge in [-0.25, -0.2) is 14.5 Å². The van der Waals surface area contributed by atoms with E-state index in [2.05, 4.69) is 25.6 Å². The molecule has 1 aliphatic heterocycles. The number of aromatic nitrogens is 5. The molecule has 9 heteroatoms. The van der Waals surface area contributed by atoms with Gasteiger partial charge >= 0.3 is 6.03 Å². The number of benzene rings is 1. The minimum atomic E-state index is -0.265. The number of hydrogen-bond donors (Lipinski definition) is 2. The molecular formula is C17H19N7O2. The lowest BCUT2D eigenvalue weighted by atomic mass is 10.2. The van der Waals surface area contributed by atoms with Crippen LogP contribution in [0, 0.1) is 0 Å². The number of H-pyrrole nitrogens is 1. The Hall–Kier alpha value is -3.20. The number of nitrogens with one attached hydrogen (secondary N) is 2. The second-order valence-corrected chi connectivity index (χ2v) is 5.94. The zero-order chi connectivity index (χ0) is 17.8. The summed E-state index contributed by atoms with van der Waals surface area (Å²) < 4.78 is 7.26. The number of amides is 2. The van der Waals surface area contributed by atoms with Gasteiger partial charge in [0.25, 0.3) is 0 Å². The first-order valence-electron chi connectivity index (χ1n) is 8.38. The first-order valence-corrected chi connectivity index (χ1v) is 8.38. The van der Waals surface area contributed by atoms with E-state index in [1.165, 1.54) is 6.33 Å². The number of hydrogen-bond acceptors (Lipinski definition) is 5. The average Bonchev–Trinajstić information content (AvgIpc) is 3.39. The maximum absolute atomic E-state index is 12.6. The van der Waals surface area contributed by atoms with Gasteiger partial charge in [-0.15, -0.1) is 0 Å². The molecule has 0 saturated carbocycles. The molecule has 3 heterocycles. The van der Waals surface area contributed by atoms with E-state index >= 15 is 0 Å². The maximum atomic E-state index is 12.6. The summed E-state index contributed by atoms with van der Waals surface area (Å²) in [5, 5.41) is 13.9. The van der Waals surface area contributed by atoms with Crippen molar-refractivity contribution in [3.8, 4) is 5.69 Å². The van der Waals surface area contributed by atoms with Gasteiger partial charge < -0.3 is 15.0 Å². The van der Waals surface area contributed by atoms with Crippen LogP contribution in [0.1, 0.15) is 17.4 Å². The summed E-state index contributed by atoms with van der Waals surface area (Å²) in [7, 11) is 0. The molecule has 2 N–H and O–H groups in total. The van der Waals surface area contributed by atoms with Crippen molar-refractivity contribution in [3.05, 3.63) is 60.4 Å². The zero-order valence-corrected chi connectivity index (χ0v) is 14.1. The monoisotopic (exact) mass is 353 g/mol. The summed E-state index contributed by atoms with van der Waals surface area (Å²) in [6, 6.07) is 9.40. The molecule has 1 saturated heterocycles. The van der Waals surface area contributed by atoms with Crippen LogP contribution in [0.2, 0.25) is 0 Å². The summed E-state index contributed by atoms with van der Waals surface area (Å²) in [5.74, 6) is 0.622. The maximum Gasteiger partial charge on any atom is 0.318 e. The smallest absolute Gasteiger partial charge is 0.318 e. The second-order valence-electron chi connectivity index (χ2n) is 5.94. The van der Waals surface area contributed by atoms with E-state index in [0.717, 1.165) is 11.3 Å². The van der Waals surface area contributed by atoms with Gasteiger partial charge in [0.05, 0.1) is 25.1 Å². The van der Waals surface area contributed by atoms with Crippen molar-refractivity contribution in [2.75, 3.05) is 19.8 Å². The van der Waals surface area contributed by atoms with Crippen LogP contribution in [0.3, 0.4) is 0 Å². The van der Waals surface area contributed by atoms with Crippen molar-refractivity contribution >= 4 is 6.03 Å². The van der Waals surface area contributed by atoms with Crippen molar-refractivity contribution < 1.29 is 9.53 Å². The minimum absolute atomic E-state index is 0.165. The Balaban J connectivity index is 1.40. The quantitative estimate of drug-likeness (QED) is 0.736. The van der Waals surface area contributed by atoms with Gasteiger partial charge in [0.2, 0.25) is 0 Å². The largest absolute Gasteiger partial charge is 0.377 e. The van der Waals surface area contributed by atoms with Crippen LogP contribution in [0.4, 0.5) is 4.79 Å². The first kappa shape index (κ1) is 16.3. The van der Waals surface area contributed by atoms with Gasteiger partial charge in [0, 0.05) is 24.8 Å². The Morgan fingerprint density at radius 2 is 2.23 bits per heavy atom. The number of para-hydroxylation sites is 1. The third kappa shape index (κ3) is 3.42. The molecule has 0 aliphatic carbocycles. The van der Waals surface area contributed by atoms with E-state index < -0.39 is 0 Å². The number of nitrogens with zero attached hydrogens (tertiary/aromatic N) is 5. The Morgan fingerprint density at radius 1 is 1.35 bits per heavy atom. The van der Waals surface area contributed by atoms with Crippen molar-refractivity contribution in [1.82, 2.24) is 35.2 Å². The van der Waals surface area contributed by atoms with E-state index in [9.17, 15) is 4.79 Å². The van der Waals surface area contributed by atoms with Crippen molar-refractivity contribution in [2.45, 2.75) is 12.6 Å². The first-order chi connectivity index (χ1) is 12.8. The third-order valence-electron chi connectivity index (χ3n) is 4.24. The molecule has 9 nitrogen and oxygen atoms in total. The number of rotatable bonds is 4. The lowest BCUT2D eigenvalue weighted by Gasteiger charge is -2.34. The SMILES string of the molecule is O=C(NCc1cnn(-c2ccccc2)c1)N1CCOC[C@H]1c1ncn[nH]1. The molecule has 1 aromatic carbocycles. The van der Waals surface area contributed by atoms with Gasteiger partial charge in [-0.05, 0) is 12.1 Å². The molecule has 2 aromatic heterocycles. The van der Waals surface area contributed by atoms with Gasteiger partial charge in [0.1, 0.15) is 18.2 Å². The molecule has 0 radical (unpaired) electrons. The highest BCUT2D eigenvalue weighted by atomic mass is 16.5. The molecule has 0 spiro atoms. The highest BCUT2D eigenvalue weighted by molar-refractivity contribution is 5.74. The summed E-state index contributed by atoms with van der Waals surface area (Å²) >= 11 is 0. The topological polar surface area (TPSA) is 101 Å². The van der Waals surface area contributed by atoms with Crippen LogP contribution in [0.15, 0.2) is 49.1 Å². The summed E-state index contributed by atoms with van der Waals surface area (Å²) in [6.45, 7) is 1.80. The fourth-order valence-corrected chi connectivity index (χ4v) is 2.90.